The van der Waals surface area contributed by atoms with Gasteiger partial charge in [-0.2, -0.15) is 0 Å². The summed E-state index contributed by atoms with van der Waals surface area (Å²) in [5.41, 5.74) is 5.81. The van der Waals surface area contributed by atoms with E-state index in [1.54, 1.807) is 0 Å². The molecule has 0 aromatic carbocycles. The van der Waals surface area contributed by atoms with E-state index in [0.29, 0.717) is 6.04 Å². The summed E-state index contributed by atoms with van der Waals surface area (Å²) >= 11 is 0. The van der Waals surface area contributed by atoms with Crippen LogP contribution in [-0.4, -0.2) is 30.1 Å². The second-order valence-corrected chi connectivity index (χ2v) is 3.24. The van der Waals surface area contributed by atoms with E-state index in [2.05, 4.69) is 17.7 Å². The Balaban J connectivity index is 2.40. The van der Waals surface area contributed by atoms with Crippen molar-refractivity contribution >= 4 is 0 Å². The molecule has 2 atom stereocenters. The van der Waals surface area contributed by atoms with Crippen molar-refractivity contribution in [3.8, 4) is 12.3 Å². The second kappa shape index (κ2) is 3.75. The van der Waals surface area contributed by atoms with Crippen LogP contribution >= 0.6 is 0 Å². The summed E-state index contributed by atoms with van der Waals surface area (Å²) in [7, 11) is 0. The highest BCUT2D eigenvalue weighted by molar-refractivity contribution is 4.98. The molecule has 1 heterocycles. The Morgan fingerprint density at radius 1 is 1.73 bits per heavy atom. The fourth-order valence-electron chi connectivity index (χ4n) is 1.50. The van der Waals surface area contributed by atoms with Gasteiger partial charge in [-0.15, -0.1) is 6.42 Å². The van der Waals surface area contributed by atoms with Crippen LogP contribution in [0.2, 0.25) is 0 Å². The zero-order chi connectivity index (χ0) is 8.27. The molecule has 1 aliphatic heterocycles. The molecule has 0 spiro atoms. The van der Waals surface area contributed by atoms with Gasteiger partial charge in [0, 0.05) is 12.6 Å². The molecule has 11 heavy (non-hydrogen) atoms. The third-order valence-electron chi connectivity index (χ3n) is 2.28. The molecule has 1 fully saturated rings. The summed E-state index contributed by atoms with van der Waals surface area (Å²) in [4.78, 5) is 2.27. The van der Waals surface area contributed by atoms with Gasteiger partial charge in [0.25, 0.3) is 0 Å². The van der Waals surface area contributed by atoms with Crippen LogP contribution in [0.3, 0.4) is 0 Å². The molecule has 2 nitrogen and oxygen atoms in total. The van der Waals surface area contributed by atoms with Crippen molar-refractivity contribution in [2.45, 2.75) is 31.8 Å². The van der Waals surface area contributed by atoms with E-state index >= 15 is 0 Å². The maximum atomic E-state index is 5.81. The quantitative estimate of drug-likeness (QED) is 0.552. The minimum Gasteiger partial charge on any atom is -0.327 e. The van der Waals surface area contributed by atoms with Crippen molar-refractivity contribution in [3.63, 3.8) is 0 Å². The molecule has 2 heteroatoms. The van der Waals surface area contributed by atoms with Crippen LogP contribution in [0.4, 0.5) is 0 Å². The minimum atomic E-state index is 0.251. The molecule has 1 unspecified atom stereocenters. The number of hydrogen-bond acceptors (Lipinski definition) is 2. The molecule has 1 rings (SSSR count). The van der Waals surface area contributed by atoms with Crippen LogP contribution in [0, 0.1) is 12.3 Å². The second-order valence-electron chi connectivity index (χ2n) is 3.24. The van der Waals surface area contributed by atoms with Crippen molar-refractivity contribution in [2.24, 2.45) is 5.73 Å². The standard InChI is InChI=1S/C9H16N2/c1-3-8(2)11-6-4-5-9(10)7-11/h1,8-9H,4-7,10H2,2H3/t8?,9-/m1/s1. The number of likely N-dealkylation sites (tertiary alicyclic amines) is 1. The molecule has 0 aliphatic carbocycles. The monoisotopic (exact) mass is 152 g/mol. The fourth-order valence-corrected chi connectivity index (χ4v) is 1.50. The summed E-state index contributed by atoms with van der Waals surface area (Å²) in [6, 6.07) is 0.584. The molecule has 2 N–H and O–H groups in total. The highest BCUT2D eigenvalue weighted by Crippen LogP contribution is 2.10. The normalized spacial score (nSPS) is 29.4. The van der Waals surface area contributed by atoms with Crippen molar-refractivity contribution < 1.29 is 0 Å². The first-order chi connectivity index (χ1) is 5.24. The lowest BCUT2D eigenvalue weighted by Gasteiger charge is -2.32. The zero-order valence-electron chi connectivity index (χ0n) is 7.09. The van der Waals surface area contributed by atoms with Gasteiger partial charge in [-0.3, -0.25) is 4.90 Å². The van der Waals surface area contributed by atoms with E-state index in [1.165, 1.54) is 6.42 Å². The molecule has 0 aromatic heterocycles. The maximum absolute atomic E-state index is 5.81. The first-order valence-corrected chi connectivity index (χ1v) is 4.20. The largest absolute Gasteiger partial charge is 0.327 e. The number of terminal acetylenes is 1. The Labute approximate surface area is 68.8 Å². The minimum absolute atomic E-state index is 0.251. The van der Waals surface area contributed by atoms with Crippen molar-refractivity contribution in [3.05, 3.63) is 0 Å². The van der Waals surface area contributed by atoms with E-state index in [9.17, 15) is 0 Å². The van der Waals surface area contributed by atoms with E-state index in [0.717, 1.165) is 19.5 Å². The summed E-state index contributed by atoms with van der Waals surface area (Å²) in [5, 5.41) is 0. The lowest BCUT2D eigenvalue weighted by Crippen LogP contribution is -2.46. The topological polar surface area (TPSA) is 29.3 Å². The average molecular weight is 152 g/mol. The summed E-state index contributed by atoms with van der Waals surface area (Å²) in [6.07, 6.45) is 7.65. The summed E-state index contributed by atoms with van der Waals surface area (Å²) < 4.78 is 0. The lowest BCUT2D eigenvalue weighted by atomic mass is 10.1. The molecule has 0 aromatic rings. The van der Waals surface area contributed by atoms with Crippen LogP contribution in [-0.2, 0) is 0 Å². The van der Waals surface area contributed by atoms with Crippen LogP contribution < -0.4 is 5.73 Å². The van der Waals surface area contributed by atoms with Crippen LogP contribution in [0.5, 0.6) is 0 Å². The van der Waals surface area contributed by atoms with E-state index < -0.39 is 0 Å². The maximum Gasteiger partial charge on any atom is 0.0683 e. The van der Waals surface area contributed by atoms with Crippen LogP contribution in [0.15, 0.2) is 0 Å². The number of piperidine rings is 1. The first-order valence-electron chi connectivity index (χ1n) is 4.20. The Morgan fingerprint density at radius 3 is 3.00 bits per heavy atom. The van der Waals surface area contributed by atoms with Crippen molar-refractivity contribution in [2.75, 3.05) is 13.1 Å². The third-order valence-corrected chi connectivity index (χ3v) is 2.28. The SMILES string of the molecule is C#CC(C)N1CCC[C@@H](N)C1. The third kappa shape index (κ3) is 2.21. The molecule has 0 bridgehead atoms. The molecular formula is C9H16N2. The van der Waals surface area contributed by atoms with Gasteiger partial charge in [-0.25, -0.2) is 0 Å². The van der Waals surface area contributed by atoms with Gasteiger partial charge in [-0.05, 0) is 26.3 Å². The van der Waals surface area contributed by atoms with Gasteiger partial charge in [0.05, 0.1) is 6.04 Å². The van der Waals surface area contributed by atoms with Gasteiger partial charge in [0.2, 0.25) is 0 Å². The molecule has 62 valence electrons. The Bertz CT molecular complexity index is 159. The highest BCUT2D eigenvalue weighted by Gasteiger charge is 2.19. The van der Waals surface area contributed by atoms with Crippen LogP contribution in [0.1, 0.15) is 19.8 Å². The fraction of sp³-hybridized carbons (Fsp3) is 0.778. The van der Waals surface area contributed by atoms with Gasteiger partial charge >= 0.3 is 0 Å². The van der Waals surface area contributed by atoms with Crippen LogP contribution in [0.25, 0.3) is 0 Å². The van der Waals surface area contributed by atoms with Crippen molar-refractivity contribution in [1.29, 1.82) is 0 Å². The number of rotatable bonds is 1. The number of nitrogens with zero attached hydrogens (tertiary/aromatic N) is 1. The molecule has 0 saturated carbocycles. The molecule has 1 aliphatic rings. The number of nitrogens with two attached hydrogens (primary N) is 1. The predicted octanol–water partition coefficient (Wildman–Crippen LogP) is 0.431. The average Bonchev–Trinajstić information content (AvgIpc) is 2.03. The summed E-state index contributed by atoms with van der Waals surface area (Å²) in [6.45, 7) is 4.13. The van der Waals surface area contributed by atoms with E-state index in [4.69, 9.17) is 12.2 Å². The lowest BCUT2D eigenvalue weighted by molar-refractivity contribution is 0.188. The predicted molar refractivity (Wildman–Crippen MR) is 47.1 cm³/mol. The first kappa shape index (κ1) is 8.58. The smallest absolute Gasteiger partial charge is 0.0683 e. The Kier molecular flexibility index (Phi) is 2.92. The Hall–Kier alpha value is -0.520. The van der Waals surface area contributed by atoms with Gasteiger partial charge in [0.1, 0.15) is 0 Å². The van der Waals surface area contributed by atoms with Gasteiger partial charge < -0.3 is 5.73 Å². The summed E-state index contributed by atoms with van der Waals surface area (Å²) in [5.74, 6) is 2.73. The van der Waals surface area contributed by atoms with Gasteiger partial charge in [0.15, 0.2) is 0 Å². The number of hydrogen-bond donors (Lipinski definition) is 1. The molecule has 0 amide bonds. The van der Waals surface area contributed by atoms with Crippen molar-refractivity contribution in [1.82, 2.24) is 4.90 Å². The molecule has 1 saturated heterocycles. The molecule has 0 radical (unpaired) electrons. The van der Waals surface area contributed by atoms with Gasteiger partial charge in [-0.1, -0.05) is 5.92 Å². The van der Waals surface area contributed by atoms with E-state index in [1.807, 2.05) is 0 Å². The molecular weight excluding hydrogens is 136 g/mol. The zero-order valence-corrected chi connectivity index (χ0v) is 7.09. The Morgan fingerprint density at radius 2 is 2.45 bits per heavy atom. The highest BCUT2D eigenvalue weighted by atomic mass is 15.2. The van der Waals surface area contributed by atoms with E-state index in [-0.39, 0.29) is 6.04 Å².